The quantitative estimate of drug-likeness (QED) is 0.698. The number of anilines is 1. The van der Waals surface area contributed by atoms with Gasteiger partial charge in [-0.3, -0.25) is 0 Å². The van der Waals surface area contributed by atoms with Gasteiger partial charge in [-0.25, -0.2) is 9.59 Å². The first-order chi connectivity index (χ1) is 9.47. The highest BCUT2D eigenvalue weighted by atomic mass is 32.1. The number of carboxylic acids is 1. The Kier molecular flexibility index (Phi) is 4.09. The number of aromatic amines is 1. The fourth-order valence-electron chi connectivity index (χ4n) is 1.82. The van der Waals surface area contributed by atoms with Crippen LogP contribution in [-0.2, 0) is 0 Å². The highest BCUT2D eigenvalue weighted by molar-refractivity contribution is 7.10. The van der Waals surface area contributed by atoms with Crippen LogP contribution in [0.1, 0.15) is 34.0 Å². The molecular formula is C13H15N3O3S. The van der Waals surface area contributed by atoms with Crippen molar-refractivity contribution in [3.8, 4) is 0 Å². The van der Waals surface area contributed by atoms with Gasteiger partial charge in [-0.05, 0) is 31.4 Å². The lowest BCUT2D eigenvalue weighted by molar-refractivity contribution is 0.0692. The molecule has 0 spiro atoms. The maximum Gasteiger partial charge on any atom is 0.354 e. The van der Waals surface area contributed by atoms with Crippen LogP contribution in [0.5, 0.6) is 0 Å². The standard InChI is InChI=1S/C13H15N3O3S/c1-7-6-9(11(14-7)12(17)18)16-13(19)15-8(2)10-4-3-5-20-10/h3-6,8,14H,1-2H3,(H,17,18)(H2,15,16,19). The molecule has 0 aliphatic rings. The molecule has 0 aliphatic heterocycles. The summed E-state index contributed by atoms with van der Waals surface area (Å²) >= 11 is 1.55. The zero-order chi connectivity index (χ0) is 14.7. The van der Waals surface area contributed by atoms with Crippen LogP contribution in [0.15, 0.2) is 23.6 Å². The first-order valence-electron chi connectivity index (χ1n) is 6.01. The van der Waals surface area contributed by atoms with Gasteiger partial charge in [0, 0.05) is 10.6 Å². The molecule has 2 heterocycles. The maximum atomic E-state index is 11.9. The van der Waals surface area contributed by atoms with E-state index in [-0.39, 0.29) is 17.4 Å². The van der Waals surface area contributed by atoms with E-state index < -0.39 is 12.0 Å². The van der Waals surface area contributed by atoms with Crippen LogP contribution in [0.2, 0.25) is 0 Å². The molecule has 1 unspecified atom stereocenters. The molecule has 6 nitrogen and oxygen atoms in total. The van der Waals surface area contributed by atoms with E-state index in [0.717, 1.165) is 4.88 Å². The van der Waals surface area contributed by atoms with Crippen molar-refractivity contribution < 1.29 is 14.7 Å². The molecule has 2 aromatic rings. The van der Waals surface area contributed by atoms with Crippen LogP contribution >= 0.6 is 11.3 Å². The largest absolute Gasteiger partial charge is 0.477 e. The number of thiophene rings is 1. The second-order valence-corrected chi connectivity index (χ2v) is 5.36. The molecule has 2 rings (SSSR count). The average molecular weight is 293 g/mol. The van der Waals surface area contributed by atoms with E-state index in [1.807, 2.05) is 24.4 Å². The third-order valence-corrected chi connectivity index (χ3v) is 3.79. The Balaban J connectivity index is 2.03. The van der Waals surface area contributed by atoms with E-state index >= 15 is 0 Å². The van der Waals surface area contributed by atoms with E-state index in [4.69, 9.17) is 5.11 Å². The monoisotopic (exact) mass is 293 g/mol. The number of hydrogen-bond acceptors (Lipinski definition) is 3. The Labute approximate surface area is 119 Å². The van der Waals surface area contributed by atoms with E-state index in [9.17, 15) is 9.59 Å². The summed E-state index contributed by atoms with van der Waals surface area (Å²) in [6, 6.07) is 4.85. The minimum Gasteiger partial charge on any atom is -0.477 e. The molecule has 0 aromatic carbocycles. The molecular weight excluding hydrogens is 278 g/mol. The number of aryl methyl sites for hydroxylation is 1. The number of urea groups is 1. The summed E-state index contributed by atoms with van der Waals surface area (Å²) in [5.74, 6) is -1.11. The highest BCUT2D eigenvalue weighted by Gasteiger charge is 2.16. The van der Waals surface area contributed by atoms with Gasteiger partial charge >= 0.3 is 12.0 Å². The van der Waals surface area contributed by atoms with E-state index in [1.165, 1.54) is 0 Å². The molecule has 1 atom stereocenters. The molecule has 106 valence electrons. The fraction of sp³-hybridized carbons (Fsp3) is 0.231. The first kappa shape index (κ1) is 14.1. The number of carboxylic acid groups (broad SMARTS) is 1. The normalized spacial score (nSPS) is 11.9. The summed E-state index contributed by atoms with van der Waals surface area (Å²) in [6.07, 6.45) is 0. The van der Waals surface area contributed by atoms with Crippen molar-refractivity contribution in [2.75, 3.05) is 5.32 Å². The van der Waals surface area contributed by atoms with Crippen molar-refractivity contribution in [1.82, 2.24) is 10.3 Å². The number of carbonyl (C=O) groups is 2. The van der Waals surface area contributed by atoms with Crippen molar-refractivity contribution in [3.63, 3.8) is 0 Å². The SMILES string of the molecule is Cc1cc(NC(=O)NC(C)c2cccs2)c(C(=O)O)[nH]1. The van der Waals surface area contributed by atoms with Crippen molar-refractivity contribution in [1.29, 1.82) is 0 Å². The predicted molar refractivity (Wildman–Crippen MR) is 77.4 cm³/mol. The summed E-state index contributed by atoms with van der Waals surface area (Å²) in [4.78, 5) is 26.6. The van der Waals surface area contributed by atoms with Gasteiger partial charge in [-0.2, -0.15) is 0 Å². The van der Waals surface area contributed by atoms with Crippen molar-refractivity contribution in [3.05, 3.63) is 39.8 Å². The molecule has 20 heavy (non-hydrogen) atoms. The van der Waals surface area contributed by atoms with Crippen molar-refractivity contribution in [2.45, 2.75) is 19.9 Å². The molecule has 0 saturated heterocycles. The molecule has 0 radical (unpaired) electrons. The Morgan fingerprint density at radius 1 is 1.45 bits per heavy atom. The summed E-state index contributed by atoms with van der Waals surface area (Å²) in [7, 11) is 0. The summed E-state index contributed by atoms with van der Waals surface area (Å²) < 4.78 is 0. The van der Waals surface area contributed by atoms with Gasteiger partial charge in [-0.1, -0.05) is 6.07 Å². The van der Waals surface area contributed by atoms with E-state index in [1.54, 1.807) is 24.3 Å². The lowest BCUT2D eigenvalue weighted by Gasteiger charge is -2.12. The topological polar surface area (TPSA) is 94.2 Å². The minimum atomic E-state index is -1.11. The van der Waals surface area contributed by atoms with Crippen LogP contribution in [0.4, 0.5) is 10.5 Å². The van der Waals surface area contributed by atoms with Crippen LogP contribution in [-0.4, -0.2) is 22.1 Å². The maximum absolute atomic E-state index is 11.9. The van der Waals surface area contributed by atoms with E-state index in [2.05, 4.69) is 15.6 Å². The zero-order valence-electron chi connectivity index (χ0n) is 11.1. The summed E-state index contributed by atoms with van der Waals surface area (Å²) in [5.41, 5.74) is 0.899. The van der Waals surface area contributed by atoms with Gasteiger partial charge < -0.3 is 20.7 Å². The molecule has 2 amide bonds. The van der Waals surface area contributed by atoms with Gasteiger partial charge in [0.25, 0.3) is 0 Å². The zero-order valence-corrected chi connectivity index (χ0v) is 11.9. The van der Waals surface area contributed by atoms with Crippen LogP contribution in [0.25, 0.3) is 0 Å². The summed E-state index contributed by atoms with van der Waals surface area (Å²) in [5, 5.41) is 16.3. The van der Waals surface area contributed by atoms with Gasteiger partial charge in [0.05, 0.1) is 11.7 Å². The predicted octanol–water partition coefficient (Wildman–Crippen LogP) is 2.97. The Bertz CT molecular complexity index is 619. The minimum absolute atomic E-state index is 0.0265. The number of amides is 2. The van der Waals surface area contributed by atoms with Gasteiger partial charge in [0.2, 0.25) is 0 Å². The Morgan fingerprint density at radius 2 is 2.20 bits per heavy atom. The molecule has 0 aliphatic carbocycles. The highest BCUT2D eigenvalue weighted by Crippen LogP contribution is 2.19. The summed E-state index contributed by atoms with van der Waals surface area (Å²) in [6.45, 7) is 3.59. The van der Waals surface area contributed by atoms with Gasteiger partial charge in [0.15, 0.2) is 0 Å². The second-order valence-electron chi connectivity index (χ2n) is 4.38. The second kappa shape index (κ2) is 5.79. The Morgan fingerprint density at radius 3 is 2.80 bits per heavy atom. The molecule has 7 heteroatoms. The van der Waals surface area contributed by atoms with Crippen LogP contribution in [0.3, 0.4) is 0 Å². The molecule has 0 saturated carbocycles. The fourth-order valence-corrected chi connectivity index (χ4v) is 2.55. The van der Waals surface area contributed by atoms with Gasteiger partial charge in [0.1, 0.15) is 5.69 Å². The first-order valence-corrected chi connectivity index (χ1v) is 6.89. The number of aromatic carboxylic acids is 1. The molecule has 4 N–H and O–H groups in total. The molecule has 0 bridgehead atoms. The lowest BCUT2D eigenvalue weighted by atomic mass is 10.3. The van der Waals surface area contributed by atoms with Crippen LogP contribution in [0, 0.1) is 6.92 Å². The molecule has 2 aromatic heterocycles. The van der Waals surface area contributed by atoms with E-state index in [0.29, 0.717) is 5.69 Å². The average Bonchev–Trinajstić information content (AvgIpc) is 2.98. The van der Waals surface area contributed by atoms with Gasteiger partial charge in [-0.15, -0.1) is 11.3 Å². The lowest BCUT2D eigenvalue weighted by Crippen LogP contribution is -2.31. The smallest absolute Gasteiger partial charge is 0.354 e. The number of rotatable bonds is 4. The number of aromatic nitrogens is 1. The van der Waals surface area contributed by atoms with Crippen LogP contribution < -0.4 is 10.6 Å². The number of nitrogens with one attached hydrogen (secondary N) is 3. The third kappa shape index (κ3) is 3.18. The third-order valence-electron chi connectivity index (χ3n) is 2.73. The molecule has 0 fully saturated rings. The van der Waals surface area contributed by atoms with Crippen molar-refractivity contribution >= 4 is 29.0 Å². The van der Waals surface area contributed by atoms with Crippen molar-refractivity contribution in [2.24, 2.45) is 0 Å². The number of H-pyrrole nitrogens is 1. The Hall–Kier alpha value is -2.28. The number of carbonyl (C=O) groups excluding carboxylic acids is 1. The number of hydrogen-bond donors (Lipinski definition) is 4.